The van der Waals surface area contributed by atoms with Crippen molar-refractivity contribution in [2.45, 2.75) is 12.7 Å². The molecule has 21 heavy (non-hydrogen) atoms. The number of carbonyl (C=O) groups excluding carboxylic acids is 1. The van der Waals surface area contributed by atoms with Gasteiger partial charge in [0.2, 0.25) is 5.95 Å². The minimum Gasteiger partial charge on any atom is -0.425 e. The van der Waals surface area contributed by atoms with Gasteiger partial charge in [0.05, 0.1) is 12.3 Å². The third kappa shape index (κ3) is 3.54. The van der Waals surface area contributed by atoms with Crippen molar-refractivity contribution in [2.75, 3.05) is 5.32 Å². The lowest BCUT2D eigenvalue weighted by Crippen LogP contribution is -2.40. The van der Waals surface area contributed by atoms with Crippen LogP contribution in [0.25, 0.3) is 0 Å². The number of rotatable bonds is 5. The number of nitrogens with zero attached hydrogens (tertiary/aromatic N) is 2. The first kappa shape index (κ1) is 14.9. The molecule has 0 saturated heterocycles. The van der Waals surface area contributed by atoms with Crippen LogP contribution >= 0.6 is 0 Å². The van der Waals surface area contributed by atoms with Crippen LogP contribution in [-0.2, 0) is 18.4 Å². The molecule has 1 aromatic heterocycles. The molecule has 0 bridgehead atoms. The Morgan fingerprint density at radius 3 is 2.67 bits per heavy atom. The third-order valence-electron chi connectivity index (χ3n) is 2.57. The van der Waals surface area contributed by atoms with Crippen LogP contribution in [0.4, 0.5) is 14.7 Å². The molecule has 0 spiro atoms. The number of benzene rings is 1. The molecule has 0 aliphatic rings. The van der Waals surface area contributed by atoms with Crippen molar-refractivity contribution in [3.05, 3.63) is 42.2 Å². The van der Waals surface area contributed by atoms with Gasteiger partial charge in [0.15, 0.2) is 0 Å². The Bertz CT molecular complexity index is 629. The maximum Gasteiger partial charge on any atom is 0.482 e. The molecule has 112 valence electrons. The topological polar surface area (TPSA) is 76.4 Å². The summed E-state index contributed by atoms with van der Waals surface area (Å²) >= 11 is 0. The number of hydrogen-bond donors (Lipinski definition) is 2. The van der Waals surface area contributed by atoms with E-state index in [9.17, 15) is 13.6 Å². The Hall–Kier alpha value is -2.48. The fraction of sp³-hybridized carbons (Fsp3) is 0.231. The van der Waals surface area contributed by atoms with E-state index >= 15 is 0 Å². The number of imidazole rings is 1. The predicted octanol–water partition coefficient (Wildman–Crippen LogP) is 1.52. The second-order valence-electron chi connectivity index (χ2n) is 4.21. The molecule has 0 aliphatic carbocycles. The molecular formula is C13H13F2N3O3. The molecule has 0 unspecified atom stereocenters. The highest BCUT2D eigenvalue weighted by Gasteiger charge is 2.42. The number of aliphatic hydroxyl groups is 1. The Morgan fingerprint density at radius 1 is 1.43 bits per heavy atom. The van der Waals surface area contributed by atoms with Crippen molar-refractivity contribution < 1.29 is 23.4 Å². The Balaban J connectivity index is 2.09. The number of para-hydroxylation sites is 1. The zero-order valence-electron chi connectivity index (χ0n) is 11.1. The fourth-order valence-corrected chi connectivity index (χ4v) is 1.58. The van der Waals surface area contributed by atoms with Gasteiger partial charge in [-0.25, -0.2) is 4.98 Å². The first-order valence-electron chi connectivity index (χ1n) is 5.99. The minimum atomic E-state index is -4.05. The summed E-state index contributed by atoms with van der Waals surface area (Å²) in [4.78, 5) is 15.4. The Morgan fingerprint density at radius 2 is 2.10 bits per heavy atom. The van der Waals surface area contributed by atoms with E-state index in [4.69, 9.17) is 5.11 Å². The van der Waals surface area contributed by atoms with Crippen LogP contribution in [0.1, 0.15) is 5.69 Å². The number of amides is 1. The molecule has 1 amide bonds. The van der Waals surface area contributed by atoms with Crippen molar-refractivity contribution >= 4 is 11.9 Å². The van der Waals surface area contributed by atoms with Gasteiger partial charge < -0.3 is 14.4 Å². The molecule has 1 heterocycles. The molecule has 0 saturated carbocycles. The second-order valence-corrected chi connectivity index (χ2v) is 4.21. The second kappa shape index (κ2) is 5.88. The molecule has 0 aliphatic heterocycles. The fourth-order valence-electron chi connectivity index (χ4n) is 1.58. The van der Waals surface area contributed by atoms with E-state index in [0.717, 1.165) is 0 Å². The van der Waals surface area contributed by atoms with Crippen LogP contribution in [0.15, 0.2) is 36.5 Å². The summed E-state index contributed by atoms with van der Waals surface area (Å²) in [5.74, 6) is -1.89. The molecule has 2 aromatic rings. The summed E-state index contributed by atoms with van der Waals surface area (Å²) in [6.07, 6.45) is -2.64. The molecule has 1 aromatic carbocycles. The summed E-state index contributed by atoms with van der Waals surface area (Å²) in [5.41, 5.74) is 0.250. The number of aryl methyl sites for hydroxylation is 1. The number of ether oxygens (including phenoxy) is 1. The van der Waals surface area contributed by atoms with Crippen LogP contribution in [0.2, 0.25) is 0 Å². The summed E-state index contributed by atoms with van der Waals surface area (Å²) in [5, 5.41) is 10.9. The lowest BCUT2D eigenvalue weighted by atomic mass is 10.3. The van der Waals surface area contributed by atoms with Gasteiger partial charge in [-0.05, 0) is 12.1 Å². The zero-order chi connectivity index (χ0) is 15.5. The molecule has 0 atom stereocenters. The SMILES string of the molecule is Cn1cc(CO)nc1NC(=O)C(F)(F)Oc1ccccc1. The average molecular weight is 297 g/mol. The molecule has 0 fully saturated rings. The van der Waals surface area contributed by atoms with Crippen molar-refractivity contribution in [1.29, 1.82) is 0 Å². The van der Waals surface area contributed by atoms with Crippen LogP contribution in [0.3, 0.4) is 0 Å². The number of alkyl halides is 2. The van der Waals surface area contributed by atoms with Crippen molar-refractivity contribution in [1.82, 2.24) is 9.55 Å². The van der Waals surface area contributed by atoms with Gasteiger partial charge in [-0.3, -0.25) is 10.1 Å². The molecule has 8 heteroatoms. The lowest BCUT2D eigenvalue weighted by Gasteiger charge is -2.16. The lowest BCUT2D eigenvalue weighted by molar-refractivity contribution is -0.187. The van der Waals surface area contributed by atoms with Gasteiger partial charge in [-0.1, -0.05) is 18.2 Å². The molecule has 0 radical (unpaired) electrons. The highest BCUT2D eigenvalue weighted by atomic mass is 19.3. The van der Waals surface area contributed by atoms with Crippen LogP contribution in [0, 0.1) is 0 Å². The third-order valence-corrected chi connectivity index (χ3v) is 2.57. The maximum atomic E-state index is 13.7. The van der Waals surface area contributed by atoms with Crippen molar-refractivity contribution in [3.63, 3.8) is 0 Å². The van der Waals surface area contributed by atoms with E-state index in [0.29, 0.717) is 0 Å². The van der Waals surface area contributed by atoms with Gasteiger partial charge >= 0.3 is 12.0 Å². The predicted molar refractivity (Wildman–Crippen MR) is 69.8 cm³/mol. The number of hydrogen-bond acceptors (Lipinski definition) is 4. The van der Waals surface area contributed by atoms with Crippen LogP contribution in [-0.4, -0.2) is 26.7 Å². The molecule has 2 rings (SSSR count). The first-order chi connectivity index (χ1) is 9.92. The van der Waals surface area contributed by atoms with Gasteiger partial charge in [-0.15, -0.1) is 0 Å². The minimum absolute atomic E-state index is 0.111. The number of aliphatic hydroxyl groups excluding tert-OH is 1. The average Bonchev–Trinajstić information content (AvgIpc) is 2.80. The van der Waals surface area contributed by atoms with E-state index in [1.165, 1.54) is 42.1 Å². The maximum absolute atomic E-state index is 13.7. The van der Waals surface area contributed by atoms with E-state index in [1.54, 1.807) is 6.07 Å². The summed E-state index contributed by atoms with van der Waals surface area (Å²) in [7, 11) is 1.50. The number of halogens is 2. The van der Waals surface area contributed by atoms with Gasteiger partial charge in [-0.2, -0.15) is 8.78 Å². The van der Waals surface area contributed by atoms with E-state index in [2.05, 4.69) is 9.72 Å². The smallest absolute Gasteiger partial charge is 0.425 e. The normalized spacial score (nSPS) is 11.2. The van der Waals surface area contributed by atoms with Gasteiger partial charge in [0, 0.05) is 13.2 Å². The number of carbonyl (C=O) groups is 1. The first-order valence-corrected chi connectivity index (χ1v) is 5.99. The van der Waals surface area contributed by atoms with E-state index in [1.807, 2.05) is 5.32 Å². The molecule has 2 N–H and O–H groups in total. The number of anilines is 1. The highest BCUT2D eigenvalue weighted by Crippen LogP contribution is 2.22. The molecule has 6 nitrogen and oxygen atoms in total. The molecular weight excluding hydrogens is 284 g/mol. The van der Waals surface area contributed by atoms with Crippen LogP contribution < -0.4 is 10.1 Å². The monoisotopic (exact) mass is 297 g/mol. The van der Waals surface area contributed by atoms with E-state index < -0.39 is 12.0 Å². The highest BCUT2D eigenvalue weighted by molar-refractivity contribution is 5.93. The van der Waals surface area contributed by atoms with Crippen LogP contribution in [0.5, 0.6) is 5.75 Å². The Kier molecular flexibility index (Phi) is 4.18. The van der Waals surface area contributed by atoms with E-state index in [-0.39, 0.29) is 24.0 Å². The standard InChI is InChI=1S/C13H13F2N3O3/c1-18-7-9(8-19)16-12(18)17-11(20)13(14,15)21-10-5-3-2-4-6-10/h2-7,19H,8H2,1H3,(H,16,17,20). The largest absolute Gasteiger partial charge is 0.482 e. The summed E-state index contributed by atoms with van der Waals surface area (Å²) in [6.45, 7) is -0.360. The number of nitrogens with one attached hydrogen (secondary N) is 1. The zero-order valence-corrected chi connectivity index (χ0v) is 11.1. The van der Waals surface area contributed by atoms with Gasteiger partial charge in [0.25, 0.3) is 0 Å². The summed E-state index contributed by atoms with van der Waals surface area (Å²) < 4.78 is 33.1. The number of aromatic nitrogens is 2. The Labute approximate surface area is 119 Å². The van der Waals surface area contributed by atoms with Gasteiger partial charge in [0.1, 0.15) is 5.75 Å². The quantitative estimate of drug-likeness (QED) is 0.877. The van der Waals surface area contributed by atoms with Crippen molar-refractivity contribution in [2.24, 2.45) is 7.05 Å². The van der Waals surface area contributed by atoms with Crippen molar-refractivity contribution in [3.8, 4) is 5.75 Å². The summed E-state index contributed by atoms with van der Waals surface area (Å²) in [6, 6.07) is 7.28.